The van der Waals surface area contributed by atoms with E-state index in [1.54, 1.807) is 0 Å². The van der Waals surface area contributed by atoms with Gasteiger partial charge < -0.3 is 10.0 Å². The van der Waals surface area contributed by atoms with Crippen molar-refractivity contribution in [1.29, 1.82) is 0 Å². The van der Waals surface area contributed by atoms with Crippen LogP contribution in [0.2, 0.25) is 0 Å². The van der Waals surface area contributed by atoms with E-state index in [0.717, 1.165) is 19.4 Å². The molecule has 0 bridgehead atoms. The Hall–Kier alpha value is -1.06. The molecule has 2 aliphatic carbocycles. The van der Waals surface area contributed by atoms with Crippen LogP contribution in [0.25, 0.3) is 0 Å². The molecule has 1 heterocycles. The van der Waals surface area contributed by atoms with Gasteiger partial charge in [0, 0.05) is 19.0 Å². The van der Waals surface area contributed by atoms with Crippen molar-refractivity contribution in [2.75, 3.05) is 13.1 Å². The minimum atomic E-state index is -0.749. The van der Waals surface area contributed by atoms with E-state index in [-0.39, 0.29) is 17.7 Å². The summed E-state index contributed by atoms with van der Waals surface area (Å²) in [5.41, 5.74) is 0. The van der Waals surface area contributed by atoms with Crippen LogP contribution >= 0.6 is 0 Å². The lowest BCUT2D eigenvalue weighted by Crippen LogP contribution is -2.43. The van der Waals surface area contributed by atoms with Crippen molar-refractivity contribution in [3.63, 3.8) is 0 Å². The molecule has 100 valence electrons. The summed E-state index contributed by atoms with van der Waals surface area (Å²) in [7, 11) is 0. The van der Waals surface area contributed by atoms with Crippen LogP contribution < -0.4 is 0 Å². The molecule has 3 atom stereocenters. The van der Waals surface area contributed by atoms with E-state index in [2.05, 4.69) is 0 Å². The number of carboxylic acid groups (broad SMARTS) is 1. The third-order valence-corrected chi connectivity index (χ3v) is 5.02. The molecular weight excluding hydrogens is 230 g/mol. The van der Waals surface area contributed by atoms with Gasteiger partial charge in [-0.05, 0) is 37.5 Å². The Kier molecular flexibility index (Phi) is 3.04. The number of hydrogen-bond acceptors (Lipinski definition) is 2. The summed E-state index contributed by atoms with van der Waals surface area (Å²) in [6, 6.07) is 0. The maximum atomic E-state index is 12.4. The summed E-state index contributed by atoms with van der Waals surface area (Å²) in [6.45, 7) is 1.20. The van der Waals surface area contributed by atoms with Gasteiger partial charge in [0.2, 0.25) is 5.91 Å². The number of rotatable bonds is 2. The smallest absolute Gasteiger partial charge is 0.308 e. The number of carbonyl (C=O) groups is 2. The van der Waals surface area contributed by atoms with E-state index >= 15 is 0 Å². The van der Waals surface area contributed by atoms with Gasteiger partial charge >= 0.3 is 5.97 Å². The topological polar surface area (TPSA) is 57.6 Å². The van der Waals surface area contributed by atoms with Gasteiger partial charge in [-0.25, -0.2) is 0 Å². The molecule has 0 aromatic carbocycles. The summed E-state index contributed by atoms with van der Waals surface area (Å²) < 4.78 is 0. The molecule has 4 heteroatoms. The molecule has 18 heavy (non-hydrogen) atoms. The Balaban J connectivity index is 1.61. The largest absolute Gasteiger partial charge is 0.481 e. The van der Waals surface area contributed by atoms with E-state index in [1.807, 2.05) is 4.90 Å². The molecule has 0 aromatic rings. The molecule has 3 aliphatic rings. The van der Waals surface area contributed by atoms with Crippen LogP contribution in [-0.2, 0) is 9.59 Å². The minimum absolute atomic E-state index is 0.236. The van der Waals surface area contributed by atoms with E-state index in [9.17, 15) is 9.59 Å². The van der Waals surface area contributed by atoms with E-state index in [1.165, 1.54) is 25.7 Å². The van der Waals surface area contributed by atoms with Crippen LogP contribution in [0.3, 0.4) is 0 Å². The zero-order valence-electron chi connectivity index (χ0n) is 10.7. The summed E-state index contributed by atoms with van der Waals surface area (Å²) in [5.74, 6) is 0.634. The minimum Gasteiger partial charge on any atom is -0.481 e. The fourth-order valence-electron chi connectivity index (χ4n) is 3.95. The number of aliphatic carboxylic acids is 1. The zero-order valence-corrected chi connectivity index (χ0v) is 10.7. The molecule has 3 rings (SSSR count). The lowest BCUT2D eigenvalue weighted by molar-refractivity contribution is -0.146. The Labute approximate surface area is 107 Å². The first-order valence-corrected chi connectivity index (χ1v) is 7.20. The highest BCUT2D eigenvalue weighted by molar-refractivity contribution is 5.83. The van der Waals surface area contributed by atoms with E-state index in [0.29, 0.717) is 18.4 Å². The maximum absolute atomic E-state index is 12.4. The van der Waals surface area contributed by atoms with Gasteiger partial charge in [0.15, 0.2) is 0 Å². The van der Waals surface area contributed by atoms with Gasteiger partial charge in [0.25, 0.3) is 0 Å². The van der Waals surface area contributed by atoms with Gasteiger partial charge in [-0.3, -0.25) is 9.59 Å². The average Bonchev–Trinajstić information content (AvgIpc) is 3.12. The second kappa shape index (κ2) is 4.56. The molecule has 1 amide bonds. The zero-order chi connectivity index (χ0) is 12.7. The quantitative estimate of drug-likeness (QED) is 0.813. The summed E-state index contributed by atoms with van der Waals surface area (Å²) in [5, 5.41) is 9.06. The SMILES string of the molecule is O=C(O)[C@H]1CCCN(C(=O)C2C3CCCCC32)C1. The molecule has 1 N–H and O–H groups in total. The highest BCUT2D eigenvalue weighted by atomic mass is 16.4. The second-order valence-corrected chi connectivity index (χ2v) is 6.10. The van der Waals surface area contributed by atoms with Crippen molar-refractivity contribution in [2.45, 2.75) is 38.5 Å². The van der Waals surface area contributed by atoms with Crippen LogP contribution in [0.15, 0.2) is 0 Å². The Bertz CT molecular complexity index is 356. The first-order chi connectivity index (χ1) is 8.68. The number of amides is 1. The molecule has 0 spiro atoms. The Morgan fingerprint density at radius 1 is 1.00 bits per heavy atom. The van der Waals surface area contributed by atoms with Crippen molar-refractivity contribution in [2.24, 2.45) is 23.7 Å². The first-order valence-electron chi connectivity index (χ1n) is 7.20. The molecule has 2 unspecified atom stereocenters. The predicted octanol–water partition coefficient (Wildman–Crippen LogP) is 1.75. The van der Waals surface area contributed by atoms with Crippen LogP contribution in [0, 0.1) is 23.7 Å². The second-order valence-electron chi connectivity index (χ2n) is 6.10. The van der Waals surface area contributed by atoms with Gasteiger partial charge in [-0.2, -0.15) is 0 Å². The standard InChI is InChI=1S/C14H21NO3/c16-13(12-10-5-1-2-6-11(10)12)15-7-3-4-9(8-15)14(17)18/h9-12H,1-8H2,(H,17,18)/t9-,10?,11?,12?/m0/s1. The molecule has 4 nitrogen and oxygen atoms in total. The highest BCUT2D eigenvalue weighted by Crippen LogP contribution is 2.56. The number of likely N-dealkylation sites (tertiary alicyclic amines) is 1. The van der Waals surface area contributed by atoms with E-state index < -0.39 is 5.97 Å². The van der Waals surface area contributed by atoms with Crippen molar-refractivity contribution >= 4 is 11.9 Å². The van der Waals surface area contributed by atoms with Crippen LogP contribution in [0.4, 0.5) is 0 Å². The van der Waals surface area contributed by atoms with Gasteiger partial charge in [0.1, 0.15) is 0 Å². The number of hydrogen-bond donors (Lipinski definition) is 1. The predicted molar refractivity (Wildman–Crippen MR) is 65.9 cm³/mol. The fraction of sp³-hybridized carbons (Fsp3) is 0.857. The number of piperidine rings is 1. The molecule has 3 fully saturated rings. The normalized spacial score (nSPS) is 39.0. The molecule has 0 aromatic heterocycles. The van der Waals surface area contributed by atoms with Gasteiger partial charge in [0.05, 0.1) is 5.92 Å². The summed E-state index contributed by atoms with van der Waals surface area (Å²) in [4.78, 5) is 25.3. The van der Waals surface area contributed by atoms with Gasteiger partial charge in [-0.1, -0.05) is 12.8 Å². The van der Waals surface area contributed by atoms with Crippen molar-refractivity contribution in [1.82, 2.24) is 4.90 Å². The van der Waals surface area contributed by atoms with Crippen molar-refractivity contribution in [3.8, 4) is 0 Å². The highest BCUT2D eigenvalue weighted by Gasteiger charge is 2.56. The van der Waals surface area contributed by atoms with Crippen LogP contribution in [-0.4, -0.2) is 35.0 Å². The molecular formula is C14H21NO3. The monoisotopic (exact) mass is 251 g/mol. The maximum Gasteiger partial charge on any atom is 0.308 e. The van der Waals surface area contributed by atoms with Crippen LogP contribution in [0.1, 0.15) is 38.5 Å². The number of carboxylic acids is 1. The molecule has 0 radical (unpaired) electrons. The van der Waals surface area contributed by atoms with Crippen molar-refractivity contribution < 1.29 is 14.7 Å². The molecule has 1 saturated heterocycles. The van der Waals surface area contributed by atoms with Gasteiger partial charge in [-0.15, -0.1) is 0 Å². The lowest BCUT2D eigenvalue weighted by Gasteiger charge is -2.31. The van der Waals surface area contributed by atoms with Crippen LogP contribution in [0.5, 0.6) is 0 Å². The Morgan fingerprint density at radius 3 is 2.28 bits per heavy atom. The fourth-order valence-corrected chi connectivity index (χ4v) is 3.95. The first kappa shape index (κ1) is 12.0. The molecule has 1 aliphatic heterocycles. The Morgan fingerprint density at radius 2 is 1.67 bits per heavy atom. The van der Waals surface area contributed by atoms with E-state index in [4.69, 9.17) is 5.11 Å². The number of nitrogens with zero attached hydrogens (tertiary/aromatic N) is 1. The van der Waals surface area contributed by atoms with Crippen molar-refractivity contribution in [3.05, 3.63) is 0 Å². The lowest BCUT2D eigenvalue weighted by atomic mass is 9.98. The average molecular weight is 251 g/mol. The number of carbonyl (C=O) groups excluding carboxylic acids is 1. The summed E-state index contributed by atoms with van der Waals surface area (Å²) in [6.07, 6.45) is 6.50. The molecule has 2 saturated carbocycles. The third-order valence-electron chi connectivity index (χ3n) is 5.02. The number of fused-ring (bicyclic) bond motifs is 1. The summed E-state index contributed by atoms with van der Waals surface area (Å²) >= 11 is 0. The third kappa shape index (κ3) is 2.02.